The smallest absolute Gasteiger partial charge is 0.349 e. The third-order valence-electron chi connectivity index (χ3n) is 2.75. The monoisotopic (exact) mass is 242 g/mol. The van der Waals surface area contributed by atoms with Gasteiger partial charge in [-0.3, -0.25) is 4.57 Å². The Morgan fingerprint density at radius 3 is 2.81 bits per heavy atom. The van der Waals surface area contributed by atoms with Crippen molar-refractivity contribution in [3.05, 3.63) is 26.9 Å². The summed E-state index contributed by atoms with van der Waals surface area (Å²) >= 11 is 5.71. The second-order valence-corrected chi connectivity index (χ2v) is 4.13. The molecule has 2 rings (SSSR count). The van der Waals surface area contributed by atoms with E-state index in [0.29, 0.717) is 18.7 Å². The summed E-state index contributed by atoms with van der Waals surface area (Å²) in [5.41, 5.74) is 0.0325. The molecule has 0 unspecified atom stereocenters. The van der Waals surface area contributed by atoms with Crippen LogP contribution in [0, 0.1) is 0 Å². The summed E-state index contributed by atoms with van der Waals surface area (Å²) in [5.74, 6) is -1.12. The Labute approximate surface area is 96.7 Å². The van der Waals surface area contributed by atoms with Crippen LogP contribution in [0.25, 0.3) is 0 Å². The zero-order chi connectivity index (χ0) is 11.7. The van der Waals surface area contributed by atoms with Crippen molar-refractivity contribution in [1.29, 1.82) is 0 Å². The number of carbonyl (C=O) groups is 1. The highest BCUT2D eigenvalue weighted by atomic mass is 35.5. The number of hydrogen-bond donors (Lipinski definition) is 1. The van der Waals surface area contributed by atoms with E-state index >= 15 is 0 Å². The predicted octanol–water partition coefficient (Wildman–Crippen LogP) is 1.32. The molecule has 0 radical (unpaired) electrons. The summed E-state index contributed by atoms with van der Waals surface area (Å²) in [5, 5.41) is 8.86. The molecule has 2 heterocycles. The van der Waals surface area contributed by atoms with Gasteiger partial charge in [0.25, 0.3) is 0 Å². The fraction of sp³-hybridized carbons (Fsp3) is 0.500. The van der Waals surface area contributed by atoms with E-state index in [0.717, 1.165) is 19.3 Å². The van der Waals surface area contributed by atoms with E-state index in [9.17, 15) is 9.59 Å². The maximum atomic E-state index is 11.6. The number of hydrogen-bond acceptors (Lipinski definition) is 3. The summed E-state index contributed by atoms with van der Waals surface area (Å²) in [4.78, 5) is 26.2. The normalized spacial score (nSPS) is 15.3. The first-order valence-electron chi connectivity index (χ1n) is 5.14. The van der Waals surface area contributed by atoms with Crippen molar-refractivity contribution in [3.63, 3.8) is 0 Å². The van der Waals surface area contributed by atoms with E-state index in [1.165, 1.54) is 4.57 Å². The maximum absolute atomic E-state index is 11.6. The molecule has 0 fully saturated rings. The second kappa shape index (κ2) is 4.25. The first-order chi connectivity index (χ1) is 7.61. The first-order valence-corrected chi connectivity index (χ1v) is 5.51. The van der Waals surface area contributed by atoms with Gasteiger partial charge < -0.3 is 5.11 Å². The lowest BCUT2D eigenvalue weighted by atomic mass is 10.1. The molecule has 0 saturated carbocycles. The maximum Gasteiger partial charge on any atom is 0.349 e. The van der Waals surface area contributed by atoms with Gasteiger partial charge in [-0.05, 0) is 19.3 Å². The molecule has 6 heteroatoms. The molecule has 0 bridgehead atoms. The van der Waals surface area contributed by atoms with Gasteiger partial charge in [-0.2, -0.15) is 4.98 Å². The predicted molar refractivity (Wildman–Crippen MR) is 58.0 cm³/mol. The molecule has 0 aromatic carbocycles. The van der Waals surface area contributed by atoms with Gasteiger partial charge in [-0.15, -0.1) is 0 Å². The zero-order valence-corrected chi connectivity index (χ0v) is 9.33. The van der Waals surface area contributed by atoms with Crippen LogP contribution in [0.1, 0.15) is 35.3 Å². The first kappa shape index (κ1) is 11.1. The lowest BCUT2D eigenvalue weighted by molar-refractivity contribution is 0.0694. The van der Waals surface area contributed by atoms with Gasteiger partial charge in [0.1, 0.15) is 5.56 Å². The second-order valence-electron chi connectivity index (χ2n) is 3.77. The van der Waals surface area contributed by atoms with Crippen LogP contribution in [0.4, 0.5) is 0 Å². The number of halogens is 1. The summed E-state index contributed by atoms with van der Waals surface area (Å²) < 4.78 is 1.43. The van der Waals surface area contributed by atoms with Gasteiger partial charge in [-0.25, -0.2) is 9.59 Å². The minimum atomic E-state index is -1.12. The Balaban J connectivity index is 2.70. The topological polar surface area (TPSA) is 72.2 Å². The van der Waals surface area contributed by atoms with E-state index in [-0.39, 0.29) is 10.7 Å². The summed E-state index contributed by atoms with van der Waals surface area (Å²) in [7, 11) is 0. The van der Waals surface area contributed by atoms with Crippen molar-refractivity contribution < 1.29 is 9.90 Å². The molecule has 1 aliphatic heterocycles. The van der Waals surface area contributed by atoms with Crippen molar-refractivity contribution in [1.82, 2.24) is 9.55 Å². The molecule has 86 valence electrons. The molecule has 1 aromatic heterocycles. The summed E-state index contributed by atoms with van der Waals surface area (Å²) in [6.07, 6.45) is 3.30. The SMILES string of the molecule is O=C(O)c1c(Cl)nc(=O)n2c1CCCCC2. The Bertz CT molecular complexity index is 496. The molecule has 16 heavy (non-hydrogen) atoms. The van der Waals surface area contributed by atoms with Gasteiger partial charge in [0.2, 0.25) is 0 Å². The molecule has 1 N–H and O–H groups in total. The molecule has 0 spiro atoms. The average molecular weight is 243 g/mol. The van der Waals surface area contributed by atoms with Crippen LogP contribution >= 0.6 is 11.6 Å². The van der Waals surface area contributed by atoms with E-state index < -0.39 is 11.7 Å². The van der Waals surface area contributed by atoms with Crippen LogP contribution in [-0.4, -0.2) is 20.6 Å². The Kier molecular flexibility index (Phi) is 2.96. The number of fused-ring (bicyclic) bond motifs is 1. The van der Waals surface area contributed by atoms with E-state index in [4.69, 9.17) is 16.7 Å². The molecular formula is C10H11ClN2O3. The van der Waals surface area contributed by atoms with Gasteiger partial charge in [-0.1, -0.05) is 18.0 Å². The van der Waals surface area contributed by atoms with Gasteiger partial charge >= 0.3 is 11.7 Å². The molecule has 1 aliphatic rings. The number of nitrogens with zero attached hydrogens (tertiary/aromatic N) is 2. The van der Waals surface area contributed by atoms with Crippen LogP contribution in [0.5, 0.6) is 0 Å². The molecule has 0 saturated heterocycles. The van der Waals surface area contributed by atoms with Crippen LogP contribution in [-0.2, 0) is 13.0 Å². The van der Waals surface area contributed by atoms with Crippen molar-refractivity contribution >= 4 is 17.6 Å². The Morgan fingerprint density at radius 2 is 2.12 bits per heavy atom. The van der Waals surface area contributed by atoms with E-state index in [1.807, 2.05) is 0 Å². The molecule has 0 atom stereocenters. The van der Waals surface area contributed by atoms with Crippen LogP contribution < -0.4 is 5.69 Å². The van der Waals surface area contributed by atoms with Crippen molar-refractivity contribution in [2.45, 2.75) is 32.2 Å². The van der Waals surface area contributed by atoms with Gasteiger partial charge in [0.15, 0.2) is 5.15 Å². The van der Waals surface area contributed by atoms with E-state index in [1.54, 1.807) is 0 Å². The Morgan fingerprint density at radius 1 is 1.38 bits per heavy atom. The van der Waals surface area contributed by atoms with Crippen LogP contribution in [0.3, 0.4) is 0 Å². The number of carboxylic acid groups (broad SMARTS) is 1. The van der Waals surface area contributed by atoms with Gasteiger partial charge in [0.05, 0.1) is 0 Å². The standard InChI is InChI=1S/C10H11ClN2O3/c11-8-7(9(14)15)6-4-2-1-3-5-13(6)10(16)12-8/h1-5H2,(H,14,15). The summed E-state index contributed by atoms with van der Waals surface area (Å²) in [6.45, 7) is 0.526. The minimum Gasteiger partial charge on any atom is -0.478 e. The Hall–Kier alpha value is -1.36. The highest BCUT2D eigenvalue weighted by Crippen LogP contribution is 2.21. The number of aromatic carboxylic acids is 1. The third kappa shape index (κ3) is 1.82. The lowest BCUT2D eigenvalue weighted by Gasteiger charge is -2.11. The van der Waals surface area contributed by atoms with Crippen molar-refractivity contribution in [3.8, 4) is 0 Å². The quantitative estimate of drug-likeness (QED) is 0.754. The fourth-order valence-corrected chi connectivity index (χ4v) is 2.27. The molecule has 5 nitrogen and oxygen atoms in total. The van der Waals surface area contributed by atoms with Crippen LogP contribution in [0.15, 0.2) is 4.79 Å². The van der Waals surface area contributed by atoms with Crippen molar-refractivity contribution in [2.24, 2.45) is 0 Å². The van der Waals surface area contributed by atoms with Crippen LogP contribution in [0.2, 0.25) is 5.15 Å². The highest BCUT2D eigenvalue weighted by Gasteiger charge is 2.22. The third-order valence-corrected chi connectivity index (χ3v) is 3.03. The molecule has 0 aliphatic carbocycles. The van der Waals surface area contributed by atoms with Crippen molar-refractivity contribution in [2.75, 3.05) is 0 Å². The highest BCUT2D eigenvalue weighted by molar-refractivity contribution is 6.32. The number of rotatable bonds is 1. The zero-order valence-electron chi connectivity index (χ0n) is 8.57. The number of aromatic nitrogens is 2. The minimum absolute atomic E-state index is 0.0248. The van der Waals surface area contributed by atoms with Gasteiger partial charge in [0, 0.05) is 12.2 Å². The van der Waals surface area contributed by atoms with E-state index in [2.05, 4.69) is 4.98 Å². The average Bonchev–Trinajstić information content (AvgIpc) is 2.42. The fourth-order valence-electron chi connectivity index (χ4n) is 2.01. The summed E-state index contributed by atoms with van der Waals surface area (Å²) in [6, 6.07) is 0. The molecule has 0 amide bonds. The largest absolute Gasteiger partial charge is 0.478 e. The number of carboxylic acids is 1. The molecular weight excluding hydrogens is 232 g/mol. The molecule has 1 aromatic rings. The lowest BCUT2D eigenvalue weighted by Crippen LogP contribution is -2.28.